The van der Waals surface area contributed by atoms with E-state index in [0.717, 1.165) is 42.5 Å². The Kier molecular flexibility index (Phi) is 5.19. The smallest absolute Gasteiger partial charge is 0.223 e. The average Bonchev–Trinajstić information content (AvgIpc) is 3.09. The first-order chi connectivity index (χ1) is 13.1. The summed E-state index contributed by atoms with van der Waals surface area (Å²) in [5, 5.41) is 10.2. The molecule has 1 aromatic heterocycles. The van der Waals surface area contributed by atoms with Crippen LogP contribution in [-0.4, -0.2) is 56.8 Å². The van der Waals surface area contributed by atoms with Crippen molar-refractivity contribution in [2.75, 3.05) is 13.1 Å². The Balaban J connectivity index is 1.30. The van der Waals surface area contributed by atoms with Crippen LogP contribution in [0.1, 0.15) is 51.3 Å². The molecule has 0 unspecified atom stereocenters. The molecule has 3 heterocycles. The minimum atomic E-state index is -0.279. The number of hydrogen-bond acceptors (Lipinski definition) is 4. The molecule has 2 fully saturated rings. The van der Waals surface area contributed by atoms with Gasteiger partial charge in [0, 0.05) is 32.4 Å². The van der Waals surface area contributed by atoms with Crippen molar-refractivity contribution in [2.24, 2.45) is 0 Å². The van der Waals surface area contributed by atoms with Crippen molar-refractivity contribution in [2.45, 2.75) is 69.7 Å². The van der Waals surface area contributed by atoms with E-state index in [1.807, 2.05) is 29.2 Å². The number of piperidine rings is 1. The van der Waals surface area contributed by atoms with E-state index in [-0.39, 0.29) is 23.7 Å². The van der Waals surface area contributed by atoms with Gasteiger partial charge in [-0.15, -0.1) is 0 Å². The predicted molar refractivity (Wildman–Crippen MR) is 103 cm³/mol. The topological polar surface area (TPSA) is 78.5 Å². The number of carbonyl (C=O) groups excluding carboxylic acids is 1. The molecule has 0 aliphatic carbocycles. The highest BCUT2D eigenvalue weighted by atomic mass is 16.5. The molecule has 2 aliphatic rings. The zero-order valence-electron chi connectivity index (χ0n) is 16.0. The number of likely N-dealkylation sites (tertiary alicyclic amines) is 1. The van der Waals surface area contributed by atoms with Crippen LogP contribution in [-0.2, 0) is 16.0 Å². The number of aryl methyl sites for hydroxylation is 1. The van der Waals surface area contributed by atoms with Gasteiger partial charge in [-0.1, -0.05) is 19.1 Å². The van der Waals surface area contributed by atoms with Crippen molar-refractivity contribution in [1.82, 2.24) is 14.9 Å². The molecule has 2 atom stereocenters. The van der Waals surface area contributed by atoms with Crippen LogP contribution in [0.3, 0.4) is 0 Å². The fourth-order valence-electron chi connectivity index (χ4n) is 4.51. The molecule has 146 valence electrons. The molecule has 1 amide bonds. The summed E-state index contributed by atoms with van der Waals surface area (Å²) in [5.41, 5.74) is 1.71. The van der Waals surface area contributed by atoms with Gasteiger partial charge in [0.2, 0.25) is 5.91 Å². The third-order valence-corrected chi connectivity index (χ3v) is 6.06. The molecule has 2 aromatic rings. The standard InChI is InChI=1S/C21H29N3O3/c1-2-16-13-15(25)14-21(27-16)9-11-24(12-10-21)20(26)8-7-19-22-17-5-3-4-6-18(17)23-19/h3-6,15-16,25H,2,7-14H2,1H3,(H,22,23)/t15-,16+/m1/s1. The normalized spacial score (nSPS) is 25.2. The summed E-state index contributed by atoms with van der Waals surface area (Å²) in [6, 6.07) is 7.92. The molecular weight excluding hydrogens is 342 g/mol. The molecule has 1 aromatic carbocycles. The van der Waals surface area contributed by atoms with E-state index in [9.17, 15) is 9.90 Å². The first-order valence-corrected chi connectivity index (χ1v) is 10.1. The first kappa shape index (κ1) is 18.4. The molecule has 6 heteroatoms. The number of aliphatic hydroxyl groups is 1. The molecule has 2 aliphatic heterocycles. The van der Waals surface area contributed by atoms with Crippen LogP contribution in [0.2, 0.25) is 0 Å². The Bertz CT molecular complexity index is 762. The second kappa shape index (κ2) is 7.60. The molecule has 0 bridgehead atoms. The fraction of sp³-hybridized carbons (Fsp3) is 0.619. The van der Waals surface area contributed by atoms with Gasteiger partial charge in [0.05, 0.1) is 28.8 Å². The van der Waals surface area contributed by atoms with Crippen LogP contribution in [0.15, 0.2) is 24.3 Å². The van der Waals surface area contributed by atoms with Crippen LogP contribution in [0.25, 0.3) is 11.0 Å². The van der Waals surface area contributed by atoms with Gasteiger partial charge in [-0.25, -0.2) is 4.98 Å². The molecule has 0 radical (unpaired) electrons. The second-order valence-corrected chi connectivity index (χ2v) is 8.01. The summed E-state index contributed by atoms with van der Waals surface area (Å²) in [6.07, 6.45) is 4.95. The number of H-pyrrole nitrogens is 1. The van der Waals surface area contributed by atoms with Crippen LogP contribution in [0.5, 0.6) is 0 Å². The monoisotopic (exact) mass is 371 g/mol. The minimum absolute atomic E-state index is 0.143. The lowest BCUT2D eigenvalue weighted by atomic mass is 9.81. The lowest BCUT2D eigenvalue weighted by Gasteiger charge is -2.47. The number of aromatic amines is 1. The Morgan fingerprint density at radius 3 is 2.89 bits per heavy atom. The SMILES string of the molecule is CC[C@H]1C[C@@H](O)CC2(CCN(C(=O)CCc3nc4ccccc4[nH]3)CC2)O1. The number of aromatic nitrogens is 2. The van der Waals surface area contributed by atoms with E-state index >= 15 is 0 Å². The molecule has 2 N–H and O–H groups in total. The number of nitrogens with zero attached hydrogens (tertiary/aromatic N) is 2. The summed E-state index contributed by atoms with van der Waals surface area (Å²) >= 11 is 0. The van der Waals surface area contributed by atoms with Gasteiger partial charge in [-0.2, -0.15) is 0 Å². The maximum absolute atomic E-state index is 12.6. The van der Waals surface area contributed by atoms with Crippen molar-refractivity contribution in [3.05, 3.63) is 30.1 Å². The van der Waals surface area contributed by atoms with Gasteiger partial charge >= 0.3 is 0 Å². The van der Waals surface area contributed by atoms with Crippen molar-refractivity contribution in [1.29, 1.82) is 0 Å². The van der Waals surface area contributed by atoms with E-state index in [1.54, 1.807) is 0 Å². The number of hydrogen-bond donors (Lipinski definition) is 2. The van der Waals surface area contributed by atoms with E-state index < -0.39 is 0 Å². The third-order valence-electron chi connectivity index (χ3n) is 6.06. The average molecular weight is 371 g/mol. The Morgan fingerprint density at radius 1 is 1.37 bits per heavy atom. The zero-order valence-corrected chi connectivity index (χ0v) is 16.0. The number of benzene rings is 1. The lowest BCUT2D eigenvalue weighted by molar-refractivity contribution is -0.183. The quantitative estimate of drug-likeness (QED) is 0.866. The largest absolute Gasteiger partial charge is 0.393 e. The van der Waals surface area contributed by atoms with Gasteiger partial charge in [-0.3, -0.25) is 4.79 Å². The van der Waals surface area contributed by atoms with Crippen molar-refractivity contribution in [3.8, 4) is 0 Å². The van der Waals surface area contributed by atoms with Gasteiger partial charge in [-0.05, 0) is 37.8 Å². The maximum Gasteiger partial charge on any atom is 0.223 e. The highest BCUT2D eigenvalue weighted by Crippen LogP contribution is 2.38. The molecule has 1 spiro atoms. The third kappa shape index (κ3) is 4.01. The molecule has 0 saturated carbocycles. The number of nitrogens with one attached hydrogen (secondary N) is 1. The maximum atomic E-state index is 12.6. The van der Waals surface area contributed by atoms with Gasteiger partial charge in [0.1, 0.15) is 5.82 Å². The first-order valence-electron chi connectivity index (χ1n) is 10.1. The molecular formula is C21H29N3O3. The highest BCUT2D eigenvalue weighted by molar-refractivity contribution is 5.77. The summed E-state index contributed by atoms with van der Waals surface area (Å²) in [5.74, 6) is 1.04. The summed E-state index contributed by atoms with van der Waals surface area (Å²) < 4.78 is 6.31. The number of ether oxygens (including phenoxy) is 1. The van der Waals surface area contributed by atoms with Crippen LogP contribution >= 0.6 is 0 Å². The van der Waals surface area contributed by atoms with E-state index in [0.29, 0.717) is 32.4 Å². The van der Waals surface area contributed by atoms with Crippen molar-refractivity contribution in [3.63, 3.8) is 0 Å². The fourth-order valence-corrected chi connectivity index (χ4v) is 4.51. The Morgan fingerprint density at radius 2 is 2.15 bits per heavy atom. The number of fused-ring (bicyclic) bond motifs is 1. The van der Waals surface area contributed by atoms with Crippen molar-refractivity contribution < 1.29 is 14.6 Å². The molecule has 2 saturated heterocycles. The van der Waals surface area contributed by atoms with Crippen LogP contribution < -0.4 is 0 Å². The predicted octanol–water partition coefficient (Wildman–Crippen LogP) is 2.81. The number of para-hydroxylation sites is 2. The number of rotatable bonds is 4. The van der Waals surface area contributed by atoms with Crippen LogP contribution in [0, 0.1) is 0 Å². The summed E-state index contributed by atoms with van der Waals surface area (Å²) in [7, 11) is 0. The van der Waals surface area contributed by atoms with Gasteiger partial charge in [0.25, 0.3) is 0 Å². The zero-order chi connectivity index (χ0) is 18.9. The minimum Gasteiger partial charge on any atom is -0.393 e. The van der Waals surface area contributed by atoms with E-state index in [1.165, 1.54) is 0 Å². The van der Waals surface area contributed by atoms with E-state index in [2.05, 4.69) is 16.9 Å². The lowest BCUT2D eigenvalue weighted by Crippen LogP contribution is -2.53. The van der Waals surface area contributed by atoms with E-state index in [4.69, 9.17) is 4.74 Å². The summed E-state index contributed by atoms with van der Waals surface area (Å²) in [6.45, 7) is 3.53. The number of amides is 1. The molecule has 6 nitrogen and oxygen atoms in total. The molecule has 27 heavy (non-hydrogen) atoms. The highest BCUT2D eigenvalue weighted by Gasteiger charge is 2.43. The van der Waals surface area contributed by atoms with Crippen molar-refractivity contribution >= 4 is 16.9 Å². The Labute approximate surface area is 159 Å². The Hall–Kier alpha value is -1.92. The number of imidazole rings is 1. The second-order valence-electron chi connectivity index (χ2n) is 8.01. The van der Waals surface area contributed by atoms with Gasteiger partial charge < -0.3 is 19.7 Å². The summed E-state index contributed by atoms with van der Waals surface area (Å²) in [4.78, 5) is 22.4. The number of aliphatic hydroxyl groups excluding tert-OH is 1. The van der Waals surface area contributed by atoms with Gasteiger partial charge in [0.15, 0.2) is 0 Å². The molecule has 4 rings (SSSR count). The van der Waals surface area contributed by atoms with Crippen LogP contribution in [0.4, 0.5) is 0 Å². The number of carbonyl (C=O) groups is 1.